The van der Waals surface area contributed by atoms with Crippen molar-refractivity contribution in [3.05, 3.63) is 94.3 Å². The maximum atomic E-state index is 12.4. The minimum atomic E-state index is -0.365. The summed E-state index contributed by atoms with van der Waals surface area (Å²) in [6.45, 7) is 0. The lowest BCUT2D eigenvalue weighted by molar-refractivity contribution is 0.0949. The quantitative estimate of drug-likeness (QED) is 0.771. The van der Waals surface area contributed by atoms with E-state index in [9.17, 15) is 9.59 Å². The Morgan fingerprint density at radius 3 is 2.28 bits per heavy atom. The van der Waals surface area contributed by atoms with Crippen LogP contribution in [0.5, 0.6) is 0 Å². The van der Waals surface area contributed by atoms with E-state index in [0.717, 1.165) is 12.0 Å². The van der Waals surface area contributed by atoms with Crippen LogP contribution in [0, 0.1) is 0 Å². The summed E-state index contributed by atoms with van der Waals surface area (Å²) in [6, 6.07) is 23.1. The number of benzene rings is 2. The molecule has 0 spiro atoms. The zero-order chi connectivity index (χ0) is 17.2. The summed E-state index contributed by atoms with van der Waals surface area (Å²) in [5, 5.41) is 2.96. The van der Waals surface area contributed by atoms with Gasteiger partial charge in [0.15, 0.2) is 0 Å². The van der Waals surface area contributed by atoms with Gasteiger partial charge >= 0.3 is 0 Å². The van der Waals surface area contributed by atoms with Crippen LogP contribution in [0.15, 0.2) is 77.6 Å². The van der Waals surface area contributed by atoms with Gasteiger partial charge in [-0.05, 0) is 29.7 Å². The van der Waals surface area contributed by atoms with Crippen molar-refractivity contribution in [1.29, 1.82) is 0 Å². The molecule has 2 atom stereocenters. The van der Waals surface area contributed by atoms with Gasteiger partial charge in [0.2, 0.25) is 0 Å². The molecule has 4 nitrogen and oxygen atoms in total. The second-order valence-corrected chi connectivity index (χ2v) is 6.31. The third-order valence-corrected chi connectivity index (χ3v) is 4.57. The monoisotopic (exact) mass is 330 g/mol. The van der Waals surface area contributed by atoms with Crippen LogP contribution >= 0.6 is 0 Å². The van der Waals surface area contributed by atoms with Crippen LogP contribution in [0.25, 0.3) is 11.3 Å². The molecule has 25 heavy (non-hydrogen) atoms. The number of amides is 1. The first-order chi connectivity index (χ1) is 12.2. The molecule has 0 unspecified atom stereocenters. The van der Waals surface area contributed by atoms with Crippen molar-refractivity contribution < 1.29 is 4.79 Å². The van der Waals surface area contributed by atoms with Crippen LogP contribution in [-0.2, 0) is 0 Å². The summed E-state index contributed by atoms with van der Waals surface area (Å²) in [7, 11) is 0. The van der Waals surface area contributed by atoms with Crippen molar-refractivity contribution in [3.8, 4) is 11.3 Å². The molecule has 2 N–H and O–H groups in total. The van der Waals surface area contributed by atoms with Crippen molar-refractivity contribution >= 4 is 5.91 Å². The largest absolute Gasteiger partial charge is 0.348 e. The number of carbonyl (C=O) groups is 1. The van der Waals surface area contributed by atoms with Crippen molar-refractivity contribution in [1.82, 2.24) is 10.3 Å². The number of H-pyrrole nitrogens is 1. The first-order valence-electron chi connectivity index (χ1n) is 8.37. The number of hydrogen-bond donors (Lipinski definition) is 2. The molecular weight excluding hydrogens is 312 g/mol. The van der Waals surface area contributed by atoms with Crippen LogP contribution in [0.2, 0.25) is 0 Å². The molecule has 0 bridgehead atoms. The number of pyridine rings is 1. The highest BCUT2D eigenvalue weighted by atomic mass is 16.2. The Hall–Kier alpha value is -3.14. The zero-order valence-electron chi connectivity index (χ0n) is 13.6. The molecule has 1 heterocycles. The fraction of sp³-hybridized carbons (Fsp3) is 0.143. The second-order valence-electron chi connectivity index (χ2n) is 6.31. The van der Waals surface area contributed by atoms with Gasteiger partial charge in [0.05, 0.1) is 0 Å². The number of nitrogens with one attached hydrogen (secondary N) is 2. The summed E-state index contributed by atoms with van der Waals surface area (Å²) in [4.78, 5) is 27.5. The third kappa shape index (κ3) is 3.24. The predicted molar refractivity (Wildman–Crippen MR) is 97.6 cm³/mol. The topological polar surface area (TPSA) is 62.0 Å². The van der Waals surface area contributed by atoms with Crippen LogP contribution < -0.4 is 10.9 Å². The minimum absolute atomic E-state index is 0.100. The Morgan fingerprint density at radius 2 is 1.60 bits per heavy atom. The van der Waals surface area contributed by atoms with E-state index in [-0.39, 0.29) is 23.1 Å². The van der Waals surface area contributed by atoms with Crippen LogP contribution in [0.1, 0.15) is 28.3 Å². The average Bonchev–Trinajstić information content (AvgIpc) is 3.42. The third-order valence-electron chi connectivity index (χ3n) is 4.57. The molecule has 0 radical (unpaired) electrons. The highest BCUT2D eigenvalue weighted by Crippen LogP contribution is 2.40. The predicted octanol–water partition coefficient (Wildman–Crippen LogP) is 3.33. The van der Waals surface area contributed by atoms with Crippen molar-refractivity contribution in [2.75, 3.05) is 0 Å². The molecule has 0 aliphatic heterocycles. The van der Waals surface area contributed by atoms with Gasteiger partial charge in [0.25, 0.3) is 11.5 Å². The average molecular weight is 330 g/mol. The lowest BCUT2D eigenvalue weighted by atomic mass is 10.1. The maximum absolute atomic E-state index is 12.4. The van der Waals surface area contributed by atoms with Gasteiger partial charge < -0.3 is 10.3 Å². The summed E-state index contributed by atoms with van der Waals surface area (Å²) in [5.74, 6) is 0.0251. The van der Waals surface area contributed by atoms with E-state index in [4.69, 9.17) is 0 Å². The Balaban J connectivity index is 1.47. The van der Waals surface area contributed by atoms with Gasteiger partial charge in [0.1, 0.15) is 5.56 Å². The second kappa shape index (κ2) is 6.40. The molecule has 1 amide bonds. The van der Waals surface area contributed by atoms with Gasteiger partial charge in [-0.15, -0.1) is 0 Å². The zero-order valence-corrected chi connectivity index (χ0v) is 13.6. The molecule has 1 aliphatic rings. The van der Waals surface area contributed by atoms with Crippen molar-refractivity contribution in [3.63, 3.8) is 0 Å². The molecule has 124 valence electrons. The molecule has 1 saturated carbocycles. The molecule has 4 heteroatoms. The summed E-state index contributed by atoms with van der Waals surface area (Å²) < 4.78 is 0. The molecular formula is C21H18N2O2. The highest BCUT2D eigenvalue weighted by molar-refractivity contribution is 5.94. The smallest absolute Gasteiger partial charge is 0.261 e. The van der Waals surface area contributed by atoms with E-state index >= 15 is 0 Å². The van der Waals surface area contributed by atoms with E-state index in [1.807, 2.05) is 48.5 Å². The lowest BCUT2D eigenvalue weighted by Crippen LogP contribution is -2.31. The minimum Gasteiger partial charge on any atom is -0.348 e. The number of aromatic amines is 1. The summed E-state index contributed by atoms with van der Waals surface area (Å²) >= 11 is 0. The van der Waals surface area contributed by atoms with Crippen molar-refractivity contribution in [2.24, 2.45) is 0 Å². The van der Waals surface area contributed by atoms with E-state index in [0.29, 0.717) is 11.6 Å². The molecule has 3 aromatic rings. The molecule has 2 aromatic carbocycles. The van der Waals surface area contributed by atoms with Crippen LogP contribution in [-0.4, -0.2) is 16.9 Å². The Bertz CT molecular complexity index is 948. The highest BCUT2D eigenvalue weighted by Gasteiger charge is 2.39. The van der Waals surface area contributed by atoms with E-state index in [1.54, 1.807) is 12.1 Å². The standard InChI is InChI=1S/C21H18N2O2/c24-20-16(11-12-18(22-20)15-9-5-2-6-10-15)21(25)23-19-13-17(19)14-7-3-1-4-8-14/h1-12,17,19H,13H2,(H,22,24)(H,23,25)/t17-,19+/m0/s1. The van der Waals surface area contributed by atoms with E-state index in [1.165, 1.54) is 5.56 Å². The maximum Gasteiger partial charge on any atom is 0.261 e. The van der Waals surface area contributed by atoms with Crippen molar-refractivity contribution in [2.45, 2.75) is 18.4 Å². The fourth-order valence-electron chi connectivity index (χ4n) is 3.11. The number of rotatable bonds is 4. The normalized spacial score (nSPS) is 18.6. The van der Waals surface area contributed by atoms with Gasteiger partial charge in [0, 0.05) is 17.7 Å². The SMILES string of the molecule is O=C(N[C@@H]1C[C@H]1c1ccccc1)c1ccc(-c2ccccc2)[nH]c1=O. The molecule has 4 rings (SSSR count). The van der Waals surface area contributed by atoms with Crippen LogP contribution in [0.4, 0.5) is 0 Å². The fourth-order valence-corrected chi connectivity index (χ4v) is 3.11. The molecule has 1 aliphatic carbocycles. The van der Waals surface area contributed by atoms with E-state index < -0.39 is 0 Å². The molecule has 0 saturated heterocycles. The Labute approximate surface area is 145 Å². The van der Waals surface area contributed by atoms with Gasteiger partial charge in [-0.2, -0.15) is 0 Å². The molecule has 1 aromatic heterocycles. The number of aromatic nitrogens is 1. The van der Waals surface area contributed by atoms with E-state index in [2.05, 4.69) is 22.4 Å². The Morgan fingerprint density at radius 1 is 0.920 bits per heavy atom. The first kappa shape index (κ1) is 15.4. The van der Waals surface area contributed by atoms with Gasteiger partial charge in [-0.25, -0.2) is 0 Å². The number of hydrogen-bond acceptors (Lipinski definition) is 2. The lowest BCUT2D eigenvalue weighted by Gasteiger charge is -2.06. The molecule has 1 fully saturated rings. The van der Waals surface area contributed by atoms with Gasteiger partial charge in [-0.3, -0.25) is 9.59 Å². The van der Waals surface area contributed by atoms with Gasteiger partial charge in [-0.1, -0.05) is 60.7 Å². The Kier molecular flexibility index (Phi) is 3.94. The summed E-state index contributed by atoms with van der Waals surface area (Å²) in [6.07, 6.45) is 0.912. The van der Waals surface area contributed by atoms with Crippen LogP contribution in [0.3, 0.4) is 0 Å². The summed E-state index contributed by atoms with van der Waals surface area (Å²) in [5.41, 5.74) is 2.63. The first-order valence-corrected chi connectivity index (χ1v) is 8.37. The number of carbonyl (C=O) groups excluding carboxylic acids is 1.